The number of hydrogen-bond donors (Lipinski definition) is 2. The predicted octanol–water partition coefficient (Wildman–Crippen LogP) is 2.53. The van der Waals surface area contributed by atoms with Crippen molar-refractivity contribution in [2.24, 2.45) is 5.41 Å². The van der Waals surface area contributed by atoms with Gasteiger partial charge in [0, 0.05) is 24.8 Å². The standard InChI is InChI=1S/C15H24N2O3/c1-15(2,9-5-11-18)12-16-10-8-13-6-3-4-7-14(13)17(19)20/h3-4,6-7,16,18H,5,8-12H2,1-2H3. The number of benzene rings is 1. The second kappa shape index (κ2) is 7.97. The van der Waals surface area contributed by atoms with Crippen LogP contribution < -0.4 is 5.32 Å². The zero-order chi connectivity index (χ0) is 15.0. The maximum Gasteiger partial charge on any atom is 0.272 e. The molecule has 0 spiro atoms. The SMILES string of the molecule is CC(C)(CCCO)CNCCc1ccccc1[N+](=O)[O-]. The molecule has 5 heteroatoms. The fraction of sp³-hybridized carbons (Fsp3) is 0.600. The number of aliphatic hydroxyl groups is 1. The van der Waals surface area contributed by atoms with Crippen LogP contribution in [0.5, 0.6) is 0 Å². The van der Waals surface area contributed by atoms with Gasteiger partial charge in [0.05, 0.1) is 4.92 Å². The van der Waals surface area contributed by atoms with Crippen LogP contribution in [0, 0.1) is 15.5 Å². The number of aliphatic hydroxyl groups excluding tert-OH is 1. The van der Waals surface area contributed by atoms with E-state index in [-0.39, 0.29) is 22.6 Å². The van der Waals surface area contributed by atoms with Gasteiger partial charge in [-0.1, -0.05) is 32.0 Å². The van der Waals surface area contributed by atoms with Crippen LogP contribution in [0.3, 0.4) is 0 Å². The third kappa shape index (κ3) is 5.67. The Morgan fingerprint density at radius 2 is 2.05 bits per heavy atom. The van der Waals surface area contributed by atoms with E-state index in [2.05, 4.69) is 19.2 Å². The molecule has 0 saturated heterocycles. The van der Waals surface area contributed by atoms with E-state index in [1.165, 1.54) is 0 Å². The van der Waals surface area contributed by atoms with Gasteiger partial charge in [0.1, 0.15) is 0 Å². The normalized spacial score (nSPS) is 11.6. The number of nitrogens with zero attached hydrogens (tertiary/aromatic N) is 1. The summed E-state index contributed by atoms with van der Waals surface area (Å²) in [4.78, 5) is 10.6. The Bertz CT molecular complexity index is 433. The second-order valence-corrected chi connectivity index (χ2v) is 5.80. The summed E-state index contributed by atoms with van der Waals surface area (Å²) >= 11 is 0. The van der Waals surface area contributed by atoms with E-state index in [1.807, 2.05) is 6.07 Å². The Labute approximate surface area is 120 Å². The molecule has 0 fully saturated rings. The number of para-hydroxylation sites is 1. The largest absolute Gasteiger partial charge is 0.396 e. The van der Waals surface area contributed by atoms with Crippen molar-refractivity contribution in [2.75, 3.05) is 19.7 Å². The van der Waals surface area contributed by atoms with E-state index in [1.54, 1.807) is 18.2 Å². The fourth-order valence-electron chi connectivity index (χ4n) is 2.20. The Morgan fingerprint density at radius 3 is 2.70 bits per heavy atom. The molecule has 0 aliphatic heterocycles. The molecule has 2 N–H and O–H groups in total. The summed E-state index contributed by atoms with van der Waals surface area (Å²) in [6, 6.07) is 6.86. The first-order chi connectivity index (χ1) is 9.46. The molecule has 0 amide bonds. The molecule has 0 saturated carbocycles. The molecule has 0 aliphatic carbocycles. The quantitative estimate of drug-likeness (QED) is 0.414. The van der Waals surface area contributed by atoms with Gasteiger partial charge in [0.2, 0.25) is 0 Å². The van der Waals surface area contributed by atoms with Crippen molar-refractivity contribution in [3.05, 3.63) is 39.9 Å². The van der Waals surface area contributed by atoms with Crippen LogP contribution in [0.1, 0.15) is 32.3 Å². The van der Waals surface area contributed by atoms with Crippen molar-refractivity contribution in [1.29, 1.82) is 0 Å². The lowest BCUT2D eigenvalue weighted by molar-refractivity contribution is -0.385. The molecule has 1 rings (SSSR count). The smallest absolute Gasteiger partial charge is 0.272 e. The molecule has 1 aromatic carbocycles. The maximum atomic E-state index is 10.9. The first kappa shape index (κ1) is 16.6. The second-order valence-electron chi connectivity index (χ2n) is 5.80. The van der Waals surface area contributed by atoms with E-state index in [4.69, 9.17) is 5.11 Å². The highest BCUT2D eigenvalue weighted by molar-refractivity contribution is 5.39. The molecule has 20 heavy (non-hydrogen) atoms. The molecule has 1 aromatic rings. The Hall–Kier alpha value is -1.46. The molecule has 5 nitrogen and oxygen atoms in total. The molecule has 0 unspecified atom stereocenters. The van der Waals surface area contributed by atoms with Gasteiger partial charge in [-0.2, -0.15) is 0 Å². The van der Waals surface area contributed by atoms with Crippen LogP contribution in [-0.4, -0.2) is 29.7 Å². The zero-order valence-corrected chi connectivity index (χ0v) is 12.3. The topological polar surface area (TPSA) is 75.4 Å². The summed E-state index contributed by atoms with van der Waals surface area (Å²) in [6.07, 6.45) is 2.41. The van der Waals surface area contributed by atoms with Crippen molar-refractivity contribution in [1.82, 2.24) is 5.32 Å². The van der Waals surface area contributed by atoms with Crippen LogP contribution in [-0.2, 0) is 6.42 Å². The van der Waals surface area contributed by atoms with Gasteiger partial charge in [-0.05, 0) is 31.2 Å². The summed E-state index contributed by atoms with van der Waals surface area (Å²) in [6.45, 7) is 6.09. The van der Waals surface area contributed by atoms with Gasteiger partial charge in [-0.3, -0.25) is 10.1 Å². The number of nitro benzene ring substituents is 1. The molecule has 0 bridgehead atoms. The summed E-state index contributed by atoms with van der Waals surface area (Å²) in [5.41, 5.74) is 1.08. The lowest BCUT2D eigenvalue weighted by Gasteiger charge is -2.24. The number of rotatable bonds is 9. The lowest BCUT2D eigenvalue weighted by Crippen LogP contribution is -2.31. The highest BCUT2D eigenvalue weighted by Gasteiger charge is 2.17. The lowest BCUT2D eigenvalue weighted by atomic mass is 9.88. The third-order valence-corrected chi connectivity index (χ3v) is 3.37. The van der Waals surface area contributed by atoms with Gasteiger partial charge in [-0.25, -0.2) is 0 Å². The van der Waals surface area contributed by atoms with Gasteiger partial charge >= 0.3 is 0 Å². The van der Waals surface area contributed by atoms with Crippen LogP contribution in [0.4, 0.5) is 5.69 Å². The van der Waals surface area contributed by atoms with Crippen LogP contribution >= 0.6 is 0 Å². The van der Waals surface area contributed by atoms with Gasteiger partial charge < -0.3 is 10.4 Å². The van der Waals surface area contributed by atoms with Gasteiger partial charge in [0.25, 0.3) is 5.69 Å². The number of nitrogens with one attached hydrogen (secondary N) is 1. The summed E-state index contributed by atoms with van der Waals surface area (Å²) in [5, 5.41) is 23.1. The molecular weight excluding hydrogens is 256 g/mol. The minimum atomic E-state index is -0.333. The predicted molar refractivity (Wildman–Crippen MR) is 79.8 cm³/mol. The summed E-state index contributed by atoms with van der Waals surface area (Å²) < 4.78 is 0. The maximum absolute atomic E-state index is 10.9. The van der Waals surface area contributed by atoms with E-state index in [0.29, 0.717) is 13.0 Å². The minimum absolute atomic E-state index is 0.130. The molecular formula is C15H24N2O3. The van der Waals surface area contributed by atoms with Crippen molar-refractivity contribution in [2.45, 2.75) is 33.1 Å². The van der Waals surface area contributed by atoms with Crippen molar-refractivity contribution in [3.8, 4) is 0 Å². The molecule has 112 valence electrons. The van der Waals surface area contributed by atoms with E-state index in [9.17, 15) is 10.1 Å². The van der Waals surface area contributed by atoms with E-state index in [0.717, 1.165) is 24.9 Å². The average molecular weight is 280 g/mol. The molecule has 0 radical (unpaired) electrons. The third-order valence-electron chi connectivity index (χ3n) is 3.37. The highest BCUT2D eigenvalue weighted by atomic mass is 16.6. The van der Waals surface area contributed by atoms with Crippen molar-refractivity contribution in [3.63, 3.8) is 0 Å². The monoisotopic (exact) mass is 280 g/mol. The zero-order valence-electron chi connectivity index (χ0n) is 12.3. The van der Waals surface area contributed by atoms with Crippen LogP contribution in [0.15, 0.2) is 24.3 Å². The fourth-order valence-corrected chi connectivity index (χ4v) is 2.20. The molecule has 0 atom stereocenters. The Morgan fingerprint density at radius 1 is 1.35 bits per heavy atom. The molecule has 0 heterocycles. The van der Waals surface area contributed by atoms with Crippen LogP contribution in [0.25, 0.3) is 0 Å². The van der Waals surface area contributed by atoms with E-state index >= 15 is 0 Å². The van der Waals surface area contributed by atoms with Crippen LogP contribution in [0.2, 0.25) is 0 Å². The molecule has 0 aliphatic rings. The number of nitro groups is 1. The first-order valence-corrected chi connectivity index (χ1v) is 7.00. The summed E-state index contributed by atoms with van der Waals surface area (Å²) in [7, 11) is 0. The Kier molecular flexibility index (Phi) is 6.61. The first-order valence-electron chi connectivity index (χ1n) is 7.00. The van der Waals surface area contributed by atoms with Crippen molar-refractivity contribution >= 4 is 5.69 Å². The van der Waals surface area contributed by atoms with E-state index < -0.39 is 0 Å². The van der Waals surface area contributed by atoms with Crippen molar-refractivity contribution < 1.29 is 10.0 Å². The van der Waals surface area contributed by atoms with Gasteiger partial charge in [0.15, 0.2) is 0 Å². The number of hydrogen-bond acceptors (Lipinski definition) is 4. The summed E-state index contributed by atoms with van der Waals surface area (Å²) in [5.74, 6) is 0. The Balaban J connectivity index is 2.40. The van der Waals surface area contributed by atoms with Gasteiger partial charge in [-0.15, -0.1) is 0 Å². The molecule has 0 aromatic heterocycles. The highest BCUT2D eigenvalue weighted by Crippen LogP contribution is 2.21. The average Bonchev–Trinajstić information content (AvgIpc) is 2.42. The minimum Gasteiger partial charge on any atom is -0.396 e.